The van der Waals surface area contributed by atoms with E-state index in [0.29, 0.717) is 22.5 Å². The van der Waals surface area contributed by atoms with Gasteiger partial charge in [0.15, 0.2) is 0 Å². The summed E-state index contributed by atoms with van der Waals surface area (Å²) in [6.45, 7) is 2.61. The molecule has 2 aliphatic heterocycles. The van der Waals surface area contributed by atoms with Crippen molar-refractivity contribution in [1.29, 1.82) is 0 Å². The number of amides is 1. The van der Waals surface area contributed by atoms with Gasteiger partial charge in [0.2, 0.25) is 0 Å². The Morgan fingerprint density at radius 1 is 1.33 bits per heavy atom. The van der Waals surface area contributed by atoms with Crippen molar-refractivity contribution < 1.29 is 9.90 Å². The lowest BCUT2D eigenvalue weighted by Gasteiger charge is -2.36. The van der Waals surface area contributed by atoms with Crippen molar-refractivity contribution in [3.05, 3.63) is 28.8 Å². The number of nitrogens with one attached hydrogen (secondary N) is 1. The number of likely N-dealkylation sites (tertiary alicyclic amines) is 1. The van der Waals surface area contributed by atoms with Gasteiger partial charge in [0.05, 0.1) is 5.56 Å². The molecule has 5 heteroatoms. The monoisotopic (exact) mass is 308 g/mol. The SMILES string of the molecule is O=C(c1cc(Cl)ccc1O)N1CCCC(C2CCCN2)C1. The van der Waals surface area contributed by atoms with E-state index in [1.54, 1.807) is 12.1 Å². The minimum atomic E-state index is -0.113. The van der Waals surface area contributed by atoms with E-state index in [0.717, 1.165) is 26.1 Å². The van der Waals surface area contributed by atoms with Crippen molar-refractivity contribution in [2.75, 3.05) is 19.6 Å². The number of halogens is 1. The van der Waals surface area contributed by atoms with Gasteiger partial charge in [-0.1, -0.05) is 11.6 Å². The number of piperidine rings is 1. The van der Waals surface area contributed by atoms with Crippen molar-refractivity contribution >= 4 is 17.5 Å². The van der Waals surface area contributed by atoms with Gasteiger partial charge in [-0.05, 0) is 56.3 Å². The number of carbonyl (C=O) groups excluding carboxylic acids is 1. The Morgan fingerprint density at radius 2 is 2.19 bits per heavy atom. The zero-order valence-electron chi connectivity index (χ0n) is 12.0. The van der Waals surface area contributed by atoms with Crippen LogP contribution in [0.15, 0.2) is 18.2 Å². The molecule has 0 bridgehead atoms. The molecule has 2 atom stereocenters. The fraction of sp³-hybridized carbons (Fsp3) is 0.562. The van der Waals surface area contributed by atoms with Gasteiger partial charge >= 0.3 is 0 Å². The van der Waals surface area contributed by atoms with Crippen LogP contribution in [-0.4, -0.2) is 41.6 Å². The van der Waals surface area contributed by atoms with Gasteiger partial charge in [-0.3, -0.25) is 4.79 Å². The predicted molar refractivity (Wildman–Crippen MR) is 82.8 cm³/mol. The largest absolute Gasteiger partial charge is 0.507 e. The zero-order chi connectivity index (χ0) is 14.8. The van der Waals surface area contributed by atoms with Crippen molar-refractivity contribution in [2.45, 2.75) is 31.7 Å². The Labute approximate surface area is 130 Å². The highest BCUT2D eigenvalue weighted by atomic mass is 35.5. The van der Waals surface area contributed by atoms with Crippen LogP contribution in [0.3, 0.4) is 0 Å². The molecular formula is C16H21ClN2O2. The fourth-order valence-corrected chi connectivity index (χ4v) is 3.66. The van der Waals surface area contributed by atoms with Crippen LogP contribution in [0.4, 0.5) is 0 Å². The molecule has 2 fully saturated rings. The van der Waals surface area contributed by atoms with Crippen LogP contribution in [0, 0.1) is 5.92 Å². The maximum atomic E-state index is 12.6. The number of phenols is 1. The molecule has 1 aromatic carbocycles. The number of benzene rings is 1. The molecule has 2 N–H and O–H groups in total. The summed E-state index contributed by atoms with van der Waals surface area (Å²) in [5.41, 5.74) is 0.308. The van der Waals surface area contributed by atoms with E-state index in [4.69, 9.17) is 11.6 Å². The van der Waals surface area contributed by atoms with Crippen LogP contribution in [0.1, 0.15) is 36.0 Å². The van der Waals surface area contributed by atoms with Gasteiger partial charge in [0, 0.05) is 24.2 Å². The number of rotatable bonds is 2. The van der Waals surface area contributed by atoms with E-state index in [2.05, 4.69) is 5.32 Å². The number of aromatic hydroxyl groups is 1. The molecule has 0 aromatic heterocycles. The number of nitrogens with zero attached hydrogens (tertiary/aromatic N) is 1. The smallest absolute Gasteiger partial charge is 0.257 e. The average Bonchev–Trinajstić information content (AvgIpc) is 3.03. The Balaban J connectivity index is 1.73. The van der Waals surface area contributed by atoms with Gasteiger partial charge in [-0.25, -0.2) is 0 Å². The Bertz CT molecular complexity index is 529. The van der Waals surface area contributed by atoms with E-state index in [1.807, 2.05) is 4.90 Å². The Kier molecular flexibility index (Phi) is 4.36. The first kappa shape index (κ1) is 14.7. The van der Waals surface area contributed by atoms with E-state index < -0.39 is 0 Å². The lowest BCUT2D eigenvalue weighted by Crippen LogP contribution is -2.45. The lowest BCUT2D eigenvalue weighted by molar-refractivity contribution is 0.0648. The first-order chi connectivity index (χ1) is 10.1. The summed E-state index contributed by atoms with van der Waals surface area (Å²) in [6, 6.07) is 5.16. The van der Waals surface area contributed by atoms with Crippen LogP contribution in [0.25, 0.3) is 0 Å². The fourth-order valence-electron chi connectivity index (χ4n) is 3.49. The number of carbonyl (C=O) groups is 1. The van der Waals surface area contributed by atoms with Gasteiger partial charge in [-0.15, -0.1) is 0 Å². The first-order valence-electron chi connectivity index (χ1n) is 7.66. The summed E-state index contributed by atoms with van der Waals surface area (Å²) in [5.74, 6) is 0.412. The van der Waals surface area contributed by atoms with Crippen LogP contribution < -0.4 is 5.32 Å². The quantitative estimate of drug-likeness (QED) is 0.883. The van der Waals surface area contributed by atoms with Gasteiger partial charge in [0.1, 0.15) is 5.75 Å². The standard InChI is InChI=1S/C16H21ClN2O2/c17-12-5-6-15(20)13(9-12)16(21)19-8-2-3-11(10-19)14-4-1-7-18-14/h5-6,9,11,14,18,20H,1-4,7-8,10H2. The van der Waals surface area contributed by atoms with E-state index in [9.17, 15) is 9.90 Å². The number of hydrogen-bond acceptors (Lipinski definition) is 3. The minimum Gasteiger partial charge on any atom is -0.507 e. The number of hydrogen-bond donors (Lipinski definition) is 2. The zero-order valence-corrected chi connectivity index (χ0v) is 12.8. The molecule has 21 heavy (non-hydrogen) atoms. The van der Waals surface area contributed by atoms with Crippen LogP contribution >= 0.6 is 11.6 Å². The maximum Gasteiger partial charge on any atom is 0.257 e. The topological polar surface area (TPSA) is 52.6 Å². The summed E-state index contributed by atoms with van der Waals surface area (Å²) in [5, 5.41) is 13.9. The summed E-state index contributed by atoms with van der Waals surface area (Å²) in [7, 11) is 0. The van der Waals surface area contributed by atoms with E-state index >= 15 is 0 Å². The van der Waals surface area contributed by atoms with Crippen molar-refractivity contribution in [3.8, 4) is 5.75 Å². The minimum absolute atomic E-state index is 0.00511. The van der Waals surface area contributed by atoms with E-state index in [1.165, 1.54) is 25.3 Å². The molecule has 2 heterocycles. The third-order valence-electron chi connectivity index (χ3n) is 4.60. The Morgan fingerprint density at radius 3 is 2.95 bits per heavy atom. The average molecular weight is 309 g/mol. The van der Waals surface area contributed by atoms with Crippen molar-refractivity contribution in [2.24, 2.45) is 5.92 Å². The van der Waals surface area contributed by atoms with Crippen LogP contribution in [-0.2, 0) is 0 Å². The molecule has 2 unspecified atom stereocenters. The molecule has 114 valence electrons. The summed E-state index contributed by atoms with van der Waals surface area (Å²) >= 11 is 5.94. The molecular weight excluding hydrogens is 288 g/mol. The highest BCUT2D eigenvalue weighted by Gasteiger charge is 2.31. The molecule has 2 aliphatic rings. The van der Waals surface area contributed by atoms with Gasteiger partial charge in [-0.2, -0.15) is 0 Å². The summed E-state index contributed by atoms with van der Waals surface area (Å²) < 4.78 is 0. The molecule has 0 aliphatic carbocycles. The van der Waals surface area contributed by atoms with Crippen molar-refractivity contribution in [3.63, 3.8) is 0 Å². The third kappa shape index (κ3) is 3.16. The second kappa shape index (κ2) is 6.24. The first-order valence-corrected chi connectivity index (χ1v) is 8.04. The highest BCUT2D eigenvalue weighted by Crippen LogP contribution is 2.28. The van der Waals surface area contributed by atoms with Crippen LogP contribution in [0.5, 0.6) is 5.75 Å². The second-order valence-corrected chi connectivity index (χ2v) is 6.45. The van der Waals surface area contributed by atoms with Gasteiger partial charge in [0.25, 0.3) is 5.91 Å². The summed E-state index contributed by atoms with van der Waals surface area (Å²) in [4.78, 5) is 14.5. The van der Waals surface area contributed by atoms with Gasteiger partial charge < -0.3 is 15.3 Å². The van der Waals surface area contributed by atoms with Crippen molar-refractivity contribution in [1.82, 2.24) is 10.2 Å². The third-order valence-corrected chi connectivity index (χ3v) is 4.84. The number of phenolic OH excluding ortho intramolecular Hbond substituents is 1. The molecule has 1 aromatic rings. The predicted octanol–water partition coefficient (Wildman–Crippen LogP) is 2.65. The normalized spacial score (nSPS) is 26.0. The molecule has 4 nitrogen and oxygen atoms in total. The van der Waals surface area contributed by atoms with E-state index in [-0.39, 0.29) is 11.7 Å². The highest BCUT2D eigenvalue weighted by molar-refractivity contribution is 6.31. The molecule has 0 saturated carbocycles. The second-order valence-electron chi connectivity index (χ2n) is 6.02. The molecule has 3 rings (SSSR count). The summed E-state index contributed by atoms with van der Waals surface area (Å²) in [6.07, 6.45) is 4.62. The molecule has 2 saturated heterocycles. The Hall–Kier alpha value is -1.26. The van der Waals surface area contributed by atoms with Crippen LogP contribution in [0.2, 0.25) is 5.02 Å². The molecule has 0 spiro atoms. The lowest BCUT2D eigenvalue weighted by atomic mass is 9.89. The molecule has 0 radical (unpaired) electrons. The molecule has 1 amide bonds. The maximum absolute atomic E-state index is 12.6.